The molecule has 0 amide bonds. The molecule has 2 nitrogen and oxygen atoms in total. The summed E-state index contributed by atoms with van der Waals surface area (Å²) in [6.07, 6.45) is -0.355. The maximum absolute atomic E-state index is 12.3. The van der Waals surface area contributed by atoms with Crippen LogP contribution >= 0.6 is 11.3 Å². The molecule has 0 aromatic carbocycles. The summed E-state index contributed by atoms with van der Waals surface area (Å²) < 4.78 is 5.59. The van der Waals surface area contributed by atoms with Gasteiger partial charge in [-0.25, -0.2) is 0 Å². The molecule has 1 atom stereocenters. The topological polar surface area (TPSA) is 26.3 Å². The second-order valence-corrected chi connectivity index (χ2v) is 6.13. The monoisotopic (exact) mass is 240 g/mol. The van der Waals surface area contributed by atoms with Gasteiger partial charge in [-0.3, -0.25) is 4.79 Å². The Hall–Kier alpha value is -0.670. The third-order valence-electron chi connectivity index (χ3n) is 2.37. The molecule has 0 radical (unpaired) electrons. The van der Waals surface area contributed by atoms with Gasteiger partial charge >= 0.3 is 0 Å². The molecule has 0 saturated carbocycles. The number of Topliss-reactive ketones (excluding diaryl/α,β-unsaturated/α-hetero) is 1. The van der Waals surface area contributed by atoms with E-state index in [0.717, 1.165) is 10.4 Å². The number of ketones is 1. The van der Waals surface area contributed by atoms with Gasteiger partial charge in [0.15, 0.2) is 5.78 Å². The summed E-state index contributed by atoms with van der Waals surface area (Å²) in [5.41, 5.74) is 0.610. The van der Waals surface area contributed by atoms with Crippen molar-refractivity contribution in [2.75, 3.05) is 6.61 Å². The minimum Gasteiger partial charge on any atom is -0.370 e. The zero-order valence-corrected chi connectivity index (χ0v) is 11.5. The highest BCUT2D eigenvalue weighted by Crippen LogP contribution is 2.27. The summed E-state index contributed by atoms with van der Waals surface area (Å²) in [4.78, 5) is 13.4. The number of carbonyl (C=O) groups is 1. The highest BCUT2D eigenvalue weighted by atomic mass is 32.1. The van der Waals surface area contributed by atoms with Gasteiger partial charge in [0.05, 0.1) is 0 Å². The Balaban J connectivity index is 2.91. The second kappa shape index (κ2) is 5.11. The molecule has 0 spiro atoms. The number of rotatable bonds is 4. The fourth-order valence-corrected chi connectivity index (χ4v) is 2.30. The summed E-state index contributed by atoms with van der Waals surface area (Å²) in [6, 6.07) is 1.94. The van der Waals surface area contributed by atoms with Crippen LogP contribution in [0.3, 0.4) is 0 Å². The van der Waals surface area contributed by atoms with E-state index in [-0.39, 0.29) is 17.3 Å². The Morgan fingerprint density at radius 1 is 1.50 bits per heavy atom. The fraction of sp³-hybridized carbons (Fsp3) is 0.615. The van der Waals surface area contributed by atoms with E-state index in [1.165, 1.54) is 0 Å². The maximum Gasteiger partial charge on any atom is 0.192 e. The highest BCUT2D eigenvalue weighted by Gasteiger charge is 2.32. The van der Waals surface area contributed by atoms with E-state index in [1.54, 1.807) is 11.3 Å². The lowest BCUT2D eigenvalue weighted by atomic mass is 9.85. The fourth-order valence-electron chi connectivity index (χ4n) is 1.61. The Bertz CT molecular complexity index is 360. The van der Waals surface area contributed by atoms with Crippen molar-refractivity contribution in [3.8, 4) is 0 Å². The lowest BCUT2D eigenvalue weighted by molar-refractivity contribution is -0.000188. The van der Waals surface area contributed by atoms with Crippen LogP contribution in [0.25, 0.3) is 0 Å². The van der Waals surface area contributed by atoms with Crippen molar-refractivity contribution in [3.05, 3.63) is 21.9 Å². The number of hydrogen-bond acceptors (Lipinski definition) is 3. The molecule has 0 N–H and O–H groups in total. The van der Waals surface area contributed by atoms with E-state index in [1.807, 2.05) is 46.1 Å². The van der Waals surface area contributed by atoms with Crippen LogP contribution in [0.2, 0.25) is 0 Å². The third kappa shape index (κ3) is 3.16. The van der Waals surface area contributed by atoms with Crippen molar-refractivity contribution >= 4 is 17.1 Å². The minimum absolute atomic E-state index is 0.0960. The number of ether oxygens (including phenoxy) is 1. The first-order valence-corrected chi connectivity index (χ1v) is 6.45. The number of thiophene rings is 1. The van der Waals surface area contributed by atoms with E-state index in [2.05, 4.69) is 0 Å². The molecular weight excluding hydrogens is 220 g/mol. The van der Waals surface area contributed by atoms with Gasteiger partial charge in [-0.15, -0.1) is 11.3 Å². The van der Waals surface area contributed by atoms with Gasteiger partial charge in [0.2, 0.25) is 0 Å². The number of hydrogen-bond donors (Lipinski definition) is 0. The van der Waals surface area contributed by atoms with E-state index >= 15 is 0 Å². The van der Waals surface area contributed by atoms with Gasteiger partial charge in [-0.05, 0) is 25.3 Å². The Morgan fingerprint density at radius 2 is 2.12 bits per heavy atom. The Kier molecular flexibility index (Phi) is 4.28. The van der Waals surface area contributed by atoms with Gasteiger partial charge in [0.1, 0.15) is 6.10 Å². The molecule has 0 aliphatic rings. The molecule has 0 fully saturated rings. The molecule has 16 heavy (non-hydrogen) atoms. The van der Waals surface area contributed by atoms with Crippen LogP contribution in [0.15, 0.2) is 11.4 Å². The summed E-state index contributed by atoms with van der Waals surface area (Å²) in [7, 11) is 0. The van der Waals surface area contributed by atoms with E-state index in [4.69, 9.17) is 4.74 Å². The average Bonchev–Trinajstić information content (AvgIpc) is 2.58. The van der Waals surface area contributed by atoms with Crippen molar-refractivity contribution in [3.63, 3.8) is 0 Å². The number of aryl methyl sites for hydroxylation is 1. The molecule has 0 bridgehead atoms. The zero-order chi connectivity index (χ0) is 12.3. The first-order chi connectivity index (χ1) is 7.36. The largest absolute Gasteiger partial charge is 0.370 e. The van der Waals surface area contributed by atoms with Crippen LogP contribution in [0.1, 0.15) is 42.9 Å². The molecule has 1 aromatic heterocycles. The van der Waals surface area contributed by atoms with Gasteiger partial charge in [-0.1, -0.05) is 20.8 Å². The Labute approximate surface area is 102 Å². The molecule has 3 heteroatoms. The van der Waals surface area contributed by atoms with Gasteiger partial charge < -0.3 is 4.74 Å². The zero-order valence-electron chi connectivity index (χ0n) is 10.7. The van der Waals surface area contributed by atoms with Crippen LogP contribution in [-0.4, -0.2) is 18.5 Å². The molecule has 1 heterocycles. The predicted molar refractivity (Wildman–Crippen MR) is 68.3 cm³/mol. The Morgan fingerprint density at radius 3 is 2.50 bits per heavy atom. The first-order valence-electron chi connectivity index (χ1n) is 5.57. The molecule has 1 unspecified atom stereocenters. The smallest absolute Gasteiger partial charge is 0.192 e. The van der Waals surface area contributed by atoms with Crippen LogP contribution in [0.4, 0.5) is 0 Å². The van der Waals surface area contributed by atoms with Crippen molar-refractivity contribution in [1.82, 2.24) is 0 Å². The van der Waals surface area contributed by atoms with Crippen LogP contribution in [0.5, 0.6) is 0 Å². The van der Waals surface area contributed by atoms with E-state index in [0.29, 0.717) is 6.61 Å². The normalized spacial score (nSPS) is 13.8. The van der Waals surface area contributed by atoms with Crippen molar-refractivity contribution in [2.45, 2.75) is 40.7 Å². The third-order valence-corrected chi connectivity index (χ3v) is 3.23. The second-order valence-electron chi connectivity index (χ2n) is 5.01. The molecular formula is C13H20O2S. The van der Waals surface area contributed by atoms with Crippen molar-refractivity contribution in [2.24, 2.45) is 5.41 Å². The molecule has 0 aliphatic carbocycles. The van der Waals surface area contributed by atoms with Crippen LogP contribution < -0.4 is 0 Å². The summed E-state index contributed by atoms with van der Waals surface area (Å²) in [5, 5.41) is 1.91. The van der Waals surface area contributed by atoms with Crippen molar-refractivity contribution in [1.29, 1.82) is 0 Å². The lowest BCUT2D eigenvalue weighted by Crippen LogP contribution is -2.37. The van der Waals surface area contributed by atoms with Crippen molar-refractivity contribution < 1.29 is 9.53 Å². The van der Waals surface area contributed by atoms with Crippen LogP contribution in [0, 0.1) is 12.3 Å². The summed E-state index contributed by atoms with van der Waals surface area (Å²) >= 11 is 1.60. The summed E-state index contributed by atoms with van der Waals surface area (Å²) in [5.74, 6) is 0.0960. The predicted octanol–water partition coefficient (Wildman–Crippen LogP) is 3.69. The summed E-state index contributed by atoms with van der Waals surface area (Å²) in [6.45, 7) is 10.6. The minimum atomic E-state index is -0.355. The molecule has 0 saturated heterocycles. The highest BCUT2D eigenvalue weighted by molar-refractivity contribution is 7.10. The molecule has 90 valence electrons. The molecule has 1 aromatic rings. The average molecular weight is 240 g/mol. The maximum atomic E-state index is 12.3. The lowest BCUT2D eigenvalue weighted by Gasteiger charge is -2.28. The molecule has 1 rings (SSSR count). The van der Waals surface area contributed by atoms with Gasteiger partial charge in [-0.2, -0.15) is 0 Å². The van der Waals surface area contributed by atoms with E-state index < -0.39 is 0 Å². The number of carbonyl (C=O) groups excluding carboxylic acids is 1. The SMILES string of the molecule is CCOC(C(=O)c1csc(C)c1)C(C)(C)C. The van der Waals surface area contributed by atoms with E-state index in [9.17, 15) is 4.79 Å². The van der Waals surface area contributed by atoms with Gasteiger partial charge in [0, 0.05) is 22.4 Å². The first kappa shape index (κ1) is 13.4. The van der Waals surface area contributed by atoms with Crippen LogP contribution in [-0.2, 0) is 4.74 Å². The molecule has 0 aliphatic heterocycles. The standard InChI is InChI=1S/C13H20O2S/c1-6-15-12(13(3,4)5)11(14)10-7-9(2)16-8-10/h7-8,12H,6H2,1-5H3. The quantitative estimate of drug-likeness (QED) is 0.750. The van der Waals surface area contributed by atoms with Gasteiger partial charge in [0.25, 0.3) is 0 Å².